The number of unbranched alkanes of at least 4 members (excludes halogenated alkanes) is 1. The van der Waals surface area contributed by atoms with E-state index in [1.807, 2.05) is 0 Å². The standard InChI is InChI=1S/C29H45N7O7/c1-18(2)36(33-25(39)23-14-11-17-34(23)26(40)20(4)32-24(38)19(3)31)28(42)35(22-12-7-6-8-13-22)27(41)29(43,21(5)37)15-9-10-16-30/h6-8,12-13,18-20,23,43H,9-11,14-17,30-31H2,1-5H3,(H,32,38)(H,33,39)/t19-,20-,23-,29?/m0/s1. The highest BCUT2D eigenvalue weighted by Crippen LogP contribution is 2.26. The van der Waals surface area contributed by atoms with Crippen molar-refractivity contribution in [2.24, 2.45) is 11.5 Å². The van der Waals surface area contributed by atoms with Crippen LogP contribution >= 0.6 is 0 Å². The Morgan fingerprint density at radius 1 is 1.07 bits per heavy atom. The summed E-state index contributed by atoms with van der Waals surface area (Å²) >= 11 is 0. The molecule has 1 aromatic rings. The number of amides is 6. The van der Waals surface area contributed by atoms with E-state index < -0.39 is 65.2 Å². The van der Waals surface area contributed by atoms with Crippen LogP contribution in [0.4, 0.5) is 10.5 Å². The molecule has 4 atom stereocenters. The molecule has 1 aliphatic rings. The molecule has 0 radical (unpaired) electrons. The summed E-state index contributed by atoms with van der Waals surface area (Å²) in [5.41, 5.74) is 11.2. The maximum atomic E-state index is 14.0. The third-order valence-electron chi connectivity index (χ3n) is 7.27. The Morgan fingerprint density at radius 3 is 2.23 bits per heavy atom. The number of anilines is 1. The van der Waals surface area contributed by atoms with Gasteiger partial charge in [-0.3, -0.25) is 29.4 Å². The summed E-state index contributed by atoms with van der Waals surface area (Å²) in [5, 5.41) is 14.7. The molecule has 1 saturated heterocycles. The fourth-order valence-corrected chi connectivity index (χ4v) is 4.69. The quantitative estimate of drug-likeness (QED) is 0.125. The van der Waals surface area contributed by atoms with E-state index in [9.17, 15) is 33.9 Å². The normalized spacial score (nSPS) is 17.4. The van der Waals surface area contributed by atoms with Gasteiger partial charge in [-0.15, -0.1) is 0 Å². The van der Waals surface area contributed by atoms with Gasteiger partial charge >= 0.3 is 6.03 Å². The fourth-order valence-electron chi connectivity index (χ4n) is 4.69. The fraction of sp³-hybridized carbons (Fsp3) is 0.586. The minimum atomic E-state index is -2.51. The van der Waals surface area contributed by atoms with Gasteiger partial charge in [0.25, 0.3) is 11.8 Å². The number of benzene rings is 1. The number of carbonyl (C=O) groups is 6. The molecule has 7 N–H and O–H groups in total. The second-order valence-corrected chi connectivity index (χ2v) is 11.1. The minimum Gasteiger partial charge on any atom is -0.373 e. The molecule has 1 aliphatic heterocycles. The van der Waals surface area contributed by atoms with E-state index in [4.69, 9.17) is 11.5 Å². The number of urea groups is 1. The number of para-hydroxylation sites is 1. The summed E-state index contributed by atoms with van der Waals surface area (Å²) in [4.78, 5) is 81.1. The molecule has 14 nitrogen and oxygen atoms in total. The van der Waals surface area contributed by atoms with Gasteiger partial charge in [0.05, 0.1) is 11.7 Å². The van der Waals surface area contributed by atoms with Crippen molar-refractivity contribution in [1.82, 2.24) is 20.7 Å². The summed E-state index contributed by atoms with van der Waals surface area (Å²) in [6.07, 6.45) is 1.27. The van der Waals surface area contributed by atoms with Crippen LogP contribution in [0.25, 0.3) is 0 Å². The Balaban J connectivity index is 2.38. The average Bonchev–Trinajstić information content (AvgIpc) is 3.45. The zero-order chi connectivity index (χ0) is 32.5. The maximum Gasteiger partial charge on any atom is 0.350 e. The molecule has 1 heterocycles. The predicted molar refractivity (Wildman–Crippen MR) is 159 cm³/mol. The first-order chi connectivity index (χ1) is 20.2. The zero-order valence-corrected chi connectivity index (χ0v) is 25.5. The number of aliphatic hydroxyl groups is 1. The van der Waals surface area contributed by atoms with Crippen molar-refractivity contribution in [2.45, 2.75) is 96.5 Å². The van der Waals surface area contributed by atoms with Crippen LogP contribution in [0.5, 0.6) is 0 Å². The van der Waals surface area contributed by atoms with Gasteiger partial charge in [-0.25, -0.2) is 14.7 Å². The van der Waals surface area contributed by atoms with Crippen LogP contribution in [0.2, 0.25) is 0 Å². The summed E-state index contributed by atoms with van der Waals surface area (Å²) in [6.45, 7) is 7.80. The maximum absolute atomic E-state index is 14.0. The second-order valence-electron chi connectivity index (χ2n) is 11.1. The molecule has 1 unspecified atom stereocenters. The van der Waals surface area contributed by atoms with Gasteiger partial charge in [0.15, 0.2) is 5.78 Å². The molecule has 0 aliphatic carbocycles. The van der Waals surface area contributed by atoms with Gasteiger partial charge in [0.1, 0.15) is 12.1 Å². The van der Waals surface area contributed by atoms with Gasteiger partial charge < -0.3 is 26.8 Å². The SMILES string of the molecule is CC(=O)C(O)(CCCCN)C(=O)N(C(=O)N(NC(=O)[C@@H]1CCCN1C(=O)[C@H](C)NC(=O)[C@H](C)N)C(C)C)c1ccccc1. The highest BCUT2D eigenvalue weighted by atomic mass is 16.3. The highest BCUT2D eigenvalue weighted by molar-refractivity contribution is 6.24. The smallest absolute Gasteiger partial charge is 0.350 e. The Morgan fingerprint density at radius 2 is 1.70 bits per heavy atom. The number of ketones is 1. The number of likely N-dealkylation sites (tertiary alicyclic amines) is 1. The van der Waals surface area contributed by atoms with Crippen molar-refractivity contribution in [1.29, 1.82) is 0 Å². The summed E-state index contributed by atoms with van der Waals surface area (Å²) in [7, 11) is 0. The molecule has 238 valence electrons. The first-order valence-corrected chi connectivity index (χ1v) is 14.5. The van der Waals surface area contributed by atoms with Crippen molar-refractivity contribution in [2.75, 3.05) is 18.0 Å². The van der Waals surface area contributed by atoms with E-state index in [2.05, 4.69) is 10.7 Å². The van der Waals surface area contributed by atoms with E-state index in [1.165, 1.54) is 30.9 Å². The molecule has 0 spiro atoms. The number of nitrogens with zero attached hydrogens (tertiary/aromatic N) is 3. The molecular weight excluding hydrogens is 558 g/mol. The number of Topliss-reactive ketones (excluding diaryl/α,β-unsaturated/α-hetero) is 1. The van der Waals surface area contributed by atoms with Crippen molar-refractivity contribution in [3.05, 3.63) is 30.3 Å². The van der Waals surface area contributed by atoms with Crippen LogP contribution in [0, 0.1) is 0 Å². The lowest BCUT2D eigenvalue weighted by atomic mass is 9.90. The number of carbonyl (C=O) groups excluding carboxylic acids is 6. The number of hydrazine groups is 1. The van der Waals surface area contributed by atoms with Gasteiger partial charge in [0, 0.05) is 12.6 Å². The summed E-state index contributed by atoms with van der Waals surface area (Å²) in [5.74, 6) is -3.68. The van der Waals surface area contributed by atoms with Crippen molar-refractivity contribution >= 4 is 41.1 Å². The van der Waals surface area contributed by atoms with Gasteiger partial charge in [-0.05, 0) is 85.4 Å². The molecule has 1 aromatic carbocycles. The van der Waals surface area contributed by atoms with Crippen molar-refractivity contribution < 1.29 is 33.9 Å². The lowest BCUT2D eigenvalue weighted by molar-refractivity contribution is -0.150. The summed E-state index contributed by atoms with van der Waals surface area (Å²) < 4.78 is 0. The van der Waals surface area contributed by atoms with Gasteiger partial charge in [0.2, 0.25) is 17.4 Å². The molecule has 43 heavy (non-hydrogen) atoms. The Bertz CT molecular complexity index is 1180. The lowest BCUT2D eigenvalue weighted by Gasteiger charge is -2.36. The third kappa shape index (κ3) is 8.58. The molecule has 0 saturated carbocycles. The van der Waals surface area contributed by atoms with E-state index in [1.54, 1.807) is 32.0 Å². The summed E-state index contributed by atoms with van der Waals surface area (Å²) in [6, 6.07) is 3.34. The van der Waals surface area contributed by atoms with Crippen LogP contribution in [-0.4, -0.2) is 93.3 Å². The monoisotopic (exact) mass is 603 g/mol. The lowest BCUT2D eigenvalue weighted by Crippen LogP contribution is -2.63. The minimum absolute atomic E-state index is 0.0762. The van der Waals surface area contributed by atoms with Crippen LogP contribution < -0.4 is 27.1 Å². The van der Waals surface area contributed by atoms with Crippen LogP contribution in [-0.2, 0) is 24.0 Å². The average molecular weight is 604 g/mol. The first kappa shape index (κ1) is 35.3. The Hall–Kier alpha value is -3.88. The van der Waals surface area contributed by atoms with Gasteiger partial charge in [-0.2, -0.15) is 0 Å². The van der Waals surface area contributed by atoms with E-state index >= 15 is 0 Å². The van der Waals surface area contributed by atoms with Gasteiger partial charge in [-0.1, -0.05) is 18.2 Å². The molecule has 2 rings (SSSR count). The van der Waals surface area contributed by atoms with Crippen LogP contribution in [0.3, 0.4) is 0 Å². The first-order valence-electron chi connectivity index (χ1n) is 14.5. The number of nitrogens with two attached hydrogens (primary N) is 2. The van der Waals surface area contributed by atoms with E-state index in [0.717, 1.165) is 11.9 Å². The highest BCUT2D eigenvalue weighted by Gasteiger charge is 2.47. The van der Waals surface area contributed by atoms with Crippen molar-refractivity contribution in [3.63, 3.8) is 0 Å². The molecule has 0 bridgehead atoms. The molecule has 6 amide bonds. The number of imide groups is 1. The molecule has 1 fully saturated rings. The molecular formula is C29H45N7O7. The number of rotatable bonds is 12. The predicted octanol–water partition coefficient (Wildman–Crippen LogP) is 0.173. The molecule has 0 aromatic heterocycles. The second kappa shape index (κ2) is 15.5. The number of hydrogen-bond donors (Lipinski definition) is 5. The van der Waals surface area contributed by atoms with Crippen LogP contribution in [0.15, 0.2) is 30.3 Å². The Kier molecular flexibility index (Phi) is 12.8. The number of nitrogens with one attached hydrogen (secondary N) is 2. The Labute approximate surface area is 252 Å². The van der Waals surface area contributed by atoms with Crippen molar-refractivity contribution in [3.8, 4) is 0 Å². The molecule has 14 heteroatoms. The topological polar surface area (TPSA) is 208 Å². The zero-order valence-electron chi connectivity index (χ0n) is 25.5. The number of hydrogen-bond acceptors (Lipinski definition) is 9. The van der Waals surface area contributed by atoms with Crippen LogP contribution in [0.1, 0.15) is 66.7 Å². The van der Waals surface area contributed by atoms with E-state index in [-0.39, 0.29) is 31.6 Å². The largest absolute Gasteiger partial charge is 0.373 e. The van der Waals surface area contributed by atoms with E-state index in [0.29, 0.717) is 24.2 Å². The third-order valence-corrected chi connectivity index (χ3v) is 7.27.